The van der Waals surface area contributed by atoms with E-state index in [0.29, 0.717) is 35.9 Å². The molecule has 138 valence electrons. The fraction of sp³-hybridized carbons (Fsp3) is 0.273. The Labute approximate surface area is 158 Å². The molecular weight excluding hydrogens is 340 g/mol. The molecule has 5 nitrogen and oxygen atoms in total. The van der Waals surface area contributed by atoms with Gasteiger partial charge in [0, 0.05) is 18.8 Å². The Kier molecular flexibility index (Phi) is 4.67. The minimum atomic E-state index is -0.0164. The molecule has 5 heteroatoms. The monoisotopic (exact) mass is 362 g/mol. The van der Waals surface area contributed by atoms with Crippen molar-refractivity contribution >= 4 is 17.8 Å². The number of benzene rings is 2. The summed E-state index contributed by atoms with van der Waals surface area (Å²) in [6.45, 7) is 3.09. The summed E-state index contributed by atoms with van der Waals surface area (Å²) >= 11 is 0. The number of hydrogen-bond donors (Lipinski definition) is 0. The second-order valence-corrected chi connectivity index (χ2v) is 6.72. The minimum absolute atomic E-state index is 0.00998. The molecule has 2 aliphatic heterocycles. The van der Waals surface area contributed by atoms with Crippen LogP contribution in [0.4, 0.5) is 5.69 Å². The quantitative estimate of drug-likeness (QED) is 0.768. The van der Waals surface area contributed by atoms with Gasteiger partial charge in [-0.25, -0.2) is 0 Å². The summed E-state index contributed by atoms with van der Waals surface area (Å²) in [5.41, 5.74) is 3.50. The standard InChI is InChI=1S/C22H22N2O3/c1-3-15-9-17-12-23-19-11-21(27-14-16-7-5-4-6-8-16)20(26-2)10-18(19)22(25)24(17)13-15/h3-8,10-12,17H,9,13-14H2,1-2H3/b15-3+/t17-/m0/s1. The lowest BCUT2D eigenvalue weighted by atomic mass is 10.1. The normalized spacial score (nSPS) is 19.6. The van der Waals surface area contributed by atoms with Crippen LogP contribution < -0.4 is 9.47 Å². The summed E-state index contributed by atoms with van der Waals surface area (Å²) in [7, 11) is 1.58. The van der Waals surface area contributed by atoms with E-state index in [4.69, 9.17) is 9.47 Å². The number of hydrogen-bond acceptors (Lipinski definition) is 4. The van der Waals surface area contributed by atoms with Crippen LogP contribution in [0.2, 0.25) is 0 Å². The highest BCUT2D eigenvalue weighted by atomic mass is 16.5. The van der Waals surface area contributed by atoms with Crippen LogP contribution >= 0.6 is 0 Å². The van der Waals surface area contributed by atoms with Crippen LogP contribution in [-0.4, -0.2) is 36.7 Å². The van der Waals surface area contributed by atoms with Gasteiger partial charge in [0.2, 0.25) is 0 Å². The molecule has 0 radical (unpaired) electrons. The Morgan fingerprint density at radius 3 is 2.78 bits per heavy atom. The number of carbonyl (C=O) groups is 1. The van der Waals surface area contributed by atoms with Gasteiger partial charge in [-0.15, -0.1) is 0 Å². The van der Waals surface area contributed by atoms with Gasteiger partial charge in [0.05, 0.1) is 24.4 Å². The molecule has 27 heavy (non-hydrogen) atoms. The number of carbonyl (C=O) groups excluding carboxylic acids is 1. The van der Waals surface area contributed by atoms with Crippen LogP contribution in [-0.2, 0) is 6.61 Å². The molecule has 0 unspecified atom stereocenters. The molecule has 1 saturated heterocycles. The van der Waals surface area contributed by atoms with Crippen LogP contribution in [0.1, 0.15) is 29.3 Å². The maximum atomic E-state index is 13.1. The van der Waals surface area contributed by atoms with Crippen LogP contribution in [0.15, 0.2) is 59.1 Å². The first kappa shape index (κ1) is 17.3. The van der Waals surface area contributed by atoms with E-state index < -0.39 is 0 Å². The summed E-state index contributed by atoms with van der Waals surface area (Å²) in [5.74, 6) is 1.11. The van der Waals surface area contributed by atoms with Gasteiger partial charge in [0.25, 0.3) is 5.91 Å². The molecule has 2 aliphatic rings. The van der Waals surface area contributed by atoms with Crippen LogP contribution in [0.5, 0.6) is 11.5 Å². The molecule has 0 saturated carbocycles. The zero-order valence-electron chi connectivity index (χ0n) is 15.5. The van der Waals surface area contributed by atoms with Gasteiger partial charge in [-0.3, -0.25) is 9.79 Å². The lowest BCUT2D eigenvalue weighted by Crippen LogP contribution is -2.35. The maximum absolute atomic E-state index is 13.1. The minimum Gasteiger partial charge on any atom is -0.493 e. The van der Waals surface area contributed by atoms with Crippen molar-refractivity contribution < 1.29 is 14.3 Å². The van der Waals surface area contributed by atoms with Crippen molar-refractivity contribution in [3.8, 4) is 11.5 Å². The highest BCUT2D eigenvalue weighted by molar-refractivity contribution is 6.03. The summed E-state index contributed by atoms with van der Waals surface area (Å²) in [5, 5.41) is 0. The largest absolute Gasteiger partial charge is 0.493 e. The van der Waals surface area contributed by atoms with Crippen LogP contribution in [0, 0.1) is 0 Å². The van der Waals surface area contributed by atoms with Gasteiger partial charge >= 0.3 is 0 Å². The van der Waals surface area contributed by atoms with E-state index in [1.54, 1.807) is 19.2 Å². The van der Waals surface area contributed by atoms with Crippen molar-refractivity contribution in [2.75, 3.05) is 13.7 Å². The second kappa shape index (κ2) is 7.27. The molecule has 0 N–H and O–H groups in total. The zero-order valence-corrected chi connectivity index (χ0v) is 15.5. The smallest absolute Gasteiger partial charge is 0.257 e. The summed E-state index contributed by atoms with van der Waals surface area (Å²) in [6.07, 6.45) is 4.79. The third-order valence-corrected chi connectivity index (χ3v) is 5.05. The highest BCUT2D eigenvalue weighted by Gasteiger charge is 2.34. The van der Waals surface area contributed by atoms with Crippen molar-refractivity contribution in [2.24, 2.45) is 4.99 Å². The fourth-order valence-corrected chi connectivity index (χ4v) is 3.50. The first-order chi connectivity index (χ1) is 13.2. The number of fused-ring (bicyclic) bond motifs is 2. The number of allylic oxidation sites excluding steroid dienone is 1. The molecule has 1 atom stereocenters. The summed E-state index contributed by atoms with van der Waals surface area (Å²) in [4.78, 5) is 19.5. The molecule has 1 fully saturated rings. The van der Waals surface area contributed by atoms with E-state index in [-0.39, 0.29) is 11.9 Å². The fourth-order valence-electron chi connectivity index (χ4n) is 3.50. The van der Waals surface area contributed by atoms with Gasteiger partial charge < -0.3 is 14.4 Å². The number of aliphatic imine (C=N–C) groups is 1. The Balaban J connectivity index is 1.65. The number of methoxy groups -OCH3 is 1. The van der Waals surface area contributed by atoms with E-state index in [2.05, 4.69) is 11.1 Å². The summed E-state index contributed by atoms with van der Waals surface area (Å²) < 4.78 is 11.4. The molecule has 0 bridgehead atoms. The molecule has 0 aromatic heterocycles. The average molecular weight is 362 g/mol. The second-order valence-electron chi connectivity index (χ2n) is 6.72. The van der Waals surface area contributed by atoms with Crippen molar-refractivity contribution in [3.05, 3.63) is 65.2 Å². The molecule has 2 heterocycles. The predicted octanol–water partition coefficient (Wildman–Crippen LogP) is 4.15. The van der Waals surface area contributed by atoms with Crippen molar-refractivity contribution in [2.45, 2.75) is 26.0 Å². The van der Waals surface area contributed by atoms with Crippen molar-refractivity contribution in [1.82, 2.24) is 4.90 Å². The van der Waals surface area contributed by atoms with Crippen molar-refractivity contribution in [1.29, 1.82) is 0 Å². The molecule has 2 aromatic rings. The van der Waals surface area contributed by atoms with E-state index >= 15 is 0 Å². The SMILES string of the molecule is C/C=C1\C[C@H]2C=Nc3cc(OCc4ccccc4)c(OC)cc3C(=O)N2C1. The predicted molar refractivity (Wildman–Crippen MR) is 105 cm³/mol. The molecule has 2 aromatic carbocycles. The van der Waals surface area contributed by atoms with Crippen molar-refractivity contribution in [3.63, 3.8) is 0 Å². The maximum Gasteiger partial charge on any atom is 0.257 e. The average Bonchev–Trinajstić information content (AvgIpc) is 3.09. The molecule has 4 rings (SSSR count). The Morgan fingerprint density at radius 1 is 1.22 bits per heavy atom. The van der Waals surface area contributed by atoms with Gasteiger partial charge in [-0.1, -0.05) is 42.0 Å². The lowest BCUT2D eigenvalue weighted by molar-refractivity contribution is 0.0777. The van der Waals surface area contributed by atoms with Gasteiger partial charge in [-0.2, -0.15) is 0 Å². The van der Waals surface area contributed by atoms with E-state index in [9.17, 15) is 4.79 Å². The summed E-state index contributed by atoms with van der Waals surface area (Å²) in [6, 6.07) is 13.5. The van der Waals surface area contributed by atoms with E-state index in [1.165, 1.54) is 5.57 Å². The van der Waals surface area contributed by atoms with E-state index in [0.717, 1.165) is 12.0 Å². The lowest BCUT2D eigenvalue weighted by Gasteiger charge is -2.20. The first-order valence-corrected chi connectivity index (χ1v) is 9.07. The van der Waals surface area contributed by atoms with Crippen LogP contribution in [0.3, 0.4) is 0 Å². The molecule has 0 aliphatic carbocycles. The topological polar surface area (TPSA) is 51.1 Å². The third kappa shape index (κ3) is 3.33. The first-order valence-electron chi connectivity index (χ1n) is 9.07. The number of rotatable bonds is 4. The molecular formula is C22H22N2O3. The van der Waals surface area contributed by atoms with Gasteiger partial charge in [0.1, 0.15) is 6.61 Å². The Morgan fingerprint density at radius 2 is 2.04 bits per heavy atom. The third-order valence-electron chi connectivity index (χ3n) is 5.05. The highest BCUT2D eigenvalue weighted by Crippen LogP contribution is 2.38. The van der Waals surface area contributed by atoms with Gasteiger partial charge in [-0.05, 0) is 25.0 Å². The zero-order chi connectivity index (χ0) is 18.8. The number of nitrogens with zero attached hydrogens (tertiary/aromatic N) is 2. The van der Waals surface area contributed by atoms with E-state index in [1.807, 2.05) is 48.4 Å². The van der Waals surface area contributed by atoms with Gasteiger partial charge in [0.15, 0.2) is 11.5 Å². The Bertz CT molecular complexity index is 919. The molecule has 0 spiro atoms. The number of amides is 1. The number of ether oxygens (including phenoxy) is 2. The Hall–Kier alpha value is -3.08. The molecule has 1 amide bonds. The van der Waals surface area contributed by atoms with Crippen LogP contribution in [0.25, 0.3) is 0 Å².